The molecule has 2 atom stereocenters. The SMILES string of the molecule is CC(=O)SCCC(O)C(O)c1ccc(CCCO)cc1. The standard InChI is InChI=1S/C15H22O4S/c1-11(17)20-10-8-14(18)15(19)13-6-4-12(5-7-13)3-2-9-16/h4-7,14-16,18-19H,2-3,8-10H2,1H3. The highest BCUT2D eigenvalue weighted by Crippen LogP contribution is 2.21. The largest absolute Gasteiger partial charge is 0.396 e. The highest BCUT2D eigenvalue weighted by Gasteiger charge is 2.18. The van der Waals surface area contributed by atoms with Crippen molar-refractivity contribution in [2.24, 2.45) is 0 Å². The Morgan fingerprint density at radius 1 is 1.25 bits per heavy atom. The zero-order valence-electron chi connectivity index (χ0n) is 11.7. The fraction of sp³-hybridized carbons (Fsp3) is 0.533. The maximum Gasteiger partial charge on any atom is 0.185 e. The number of aliphatic hydroxyl groups is 3. The molecule has 0 amide bonds. The van der Waals surface area contributed by atoms with E-state index in [1.165, 1.54) is 6.92 Å². The molecule has 1 aromatic rings. The van der Waals surface area contributed by atoms with Crippen molar-refractivity contribution in [3.8, 4) is 0 Å². The van der Waals surface area contributed by atoms with E-state index < -0.39 is 12.2 Å². The predicted octanol–water partition coefficient (Wildman–Crippen LogP) is 1.68. The zero-order chi connectivity index (χ0) is 15.0. The van der Waals surface area contributed by atoms with Gasteiger partial charge < -0.3 is 15.3 Å². The summed E-state index contributed by atoms with van der Waals surface area (Å²) in [6.07, 6.45) is 0.0781. The molecular weight excluding hydrogens is 276 g/mol. The van der Waals surface area contributed by atoms with Crippen LogP contribution >= 0.6 is 11.8 Å². The lowest BCUT2D eigenvalue weighted by Crippen LogP contribution is -2.19. The van der Waals surface area contributed by atoms with E-state index in [-0.39, 0.29) is 11.7 Å². The van der Waals surface area contributed by atoms with E-state index in [9.17, 15) is 15.0 Å². The summed E-state index contributed by atoms with van der Waals surface area (Å²) in [6, 6.07) is 7.37. The van der Waals surface area contributed by atoms with Gasteiger partial charge in [0.1, 0.15) is 6.10 Å². The van der Waals surface area contributed by atoms with E-state index in [1.54, 1.807) is 12.1 Å². The molecule has 0 aliphatic heterocycles. The van der Waals surface area contributed by atoms with Crippen molar-refractivity contribution in [2.45, 2.75) is 38.4 Å². The first-order chi connectivity index (χ1) is 9.54. The zero-order valence-corrected chi connectivity index (χ0v) is 12.5. The monoisotopic (exact) mass is 298 g/mol. The summed E-state index contributed by atoms with van der Waals surface area (Å²) in [7, 11) is 0. The number of carbonyl (C=O) groups is 1. The molecule has 0 aliphatic rings. The number of thioether (sulfide) groups is 1. The van der Waals surface area contributed by atoms with Crippen molar-refractivity contribution in [3.63, 3.8) is 0 Å². The van der Waals surface area contributed by atoms with E-state index in [0.29, 0.717) is 24.2 Å². The molecule has 0 spiro atoms. The van der Waals surface area contributed by atoms with Gasteiger partial charge in [0.2, 0.25) is 0 Å². The van der Waals surface area contributed by atoms with Crippen LogP contribution in [0.15, 0.2) is 24.3 Å². The Labute approximate surface area is 123 Å². The number of hydrogen-bond acceptors (Lipinski definition) is 5. The van der Waals surface area contributed by atoms with Crippen LogP contribution in [-0.4, -0.2) is 38.9 Å². The second-order valence-electron chi connectivity index (χ2n) is 4.71. The van der Waals surface area contributed by atoms with E-state index in [0.717, 1.165) is 23.7 Å². The van der Waals surface area contributed by atoms with Crippen molar-refractivity contribution in [2.75, 3.05) is 12.4 Å². The number of hydrogen-bond donors (Lipinski definition) is 3. The summed E-state index contributed by atoms with van der Waals surface area (Å²) < 4.78 is 0. The quantitative estimate of drug-likeness (QED) is 0.680. The molecule has 1 rings (SSSR count). The van der Waals surface area contributed by atoms with Gasteiger partial charge in [0.15, 0.2) is 5.12 Å². The first-order valence-corrected chi connectivity index (χ1v) is 7.72. The lowest BCUT2D eigenvalue weighted by atomic mass is 10.00. The Morgan fingerprint density at radius 2 is 1.90 bits per heavy atom. The molecule has 0 radical (unpaired) electrons. The fourth-order valence-corrected chi connectivity index (χ4v) is 2.51. The summed E-state index contributed by atoms with van der Waals surface area (Å²) in [4.78, 5) is 10.8. The Bertz CT molecular complexity index is 405. The van der Waals surface area contributed by atoms with Gasteiger partial charge in [0.25, 0.3) is 0 Å². The molecule has 1 aromatic carbocycles. The van der Waals surface area contributed by atoms with Gasteiger partial charge in [-0.2, -0.15) is 0 Å². The average Bonchev–Trinajstić information content (AvgIpc) is 2.44. The van der Waals surface area contributed by atoms with Gasteiger partial charge in [-0.05, 0) is 30.4 Å². The molecule has 0 saturated heterocycles. The number of benzene rings is 1. The minimum absolute atomic E-state index is 0.0138. The van der Waals surface area contributed by atoms with Gasteiger partial charge >= 0.3 is 0 Å². The summed E-state index contributed by atoms with van der Waals surface area (Å²) in [5, 5.41) is 28.7. The summed E-state index contributed by atoms with van der Waals surface area (Å²) >= 11 is 1.15. The number of carbonyl (C=O) groups excluding carboxylic acids is 1. The Hall–Kier alpha value is -0.880. The van der Waals surface area contributed by atoms with Crippen molar-refractivity contribution in [3.05, 3.63) is 35.4 Å². The molecule has 0 heterocycles. The van der Waals surface area contributed by atoms with Crippen LogP contribution < -0.4 is 0 Å². The third kappa shape index (κ3) is 6.05. The Kier molecular flexibility index (Phi) is 7.84. The average molecular weight is 298 g/mol. The van der Waals surface area contributed by atoms with Crippen LogP contribution in [0.5, 0.6) is 0 Å². The van der Waals surface area contributed by atoms with Crippen LogP contribution in [0.25, 0.3) is 0 Å². The first-order valence-electron chi connectivity index (χ1n) is 6.73. The Balaban J connectivity index is 2.49. The van der Waals surface area contributed by atoms with Gasteiger partial charge in [-0.3, -0.25) is 4.79 Å². The lowest BCUT2D eigenvalue weighted by Gasteiger charge is -2.18. The summed E-state index contributed by atoms with van der Waals surface area (Å²) in [6.45, 7) is 1.65. The number of aliphatic hydroxyl groups excluding tert-OH is 3. The molecule has 3 N–H and O–H groups in total. The van der Waals surface area contributed by atoms with Gasteiger partial charge in [0, 0.05) is 19.3 Å². The topological polar surface area (TPSA) is 77.8 Å². The molecule has 0 saturated carbocycles. The smallest absolute Gasteiger partial charge is 0.185 e. The van der Waals surface area contributed by atoms with Gasteiger partial charge in [-0.1, -0.05) is 36.0 Å². The van der Waals surface area contributed by atoms with Crippen LogP contribution in [0.3, 0.4) is 0 Å². The molecule has 112 valence electrons. The minimum atomic E-state index is -0.936. The van der Waals surface area contributed by atoms with E-state index in [2.05, 4.69) is 0 Å². The van der Waals surface area contributed by atoms with Crippen molar-refractivity contribution in [1.82, 2.24) is 0 Å². The predicted molar refractivity (Wildman–Crippen MR) is 80.6 cm³/mol. The highest BCUT2D eigenvalue weighted by molar-refractivity contribution is 8.13. The molecule has 2 unspecified atom stereocenters. The lowest BCUT2D eigenvalue weighted by molar-refractivity contribution is -0.109. The van der Waals surface area contributed by atoms with Gasteiger partial charge in [-0.15, -0.1) is 0 Å². The first kappa shape index (κ1) is 17.2. The molecule has 20 heavy (non-hydrogen) atoms. The molecular formula is C15H22O4S. The van der Waals surface area contributed by atoms with Crippen molar-refractivity contribution in [1.29, 1.82) is 0 Å². The van der Waals surface area contributed by atoms with Crippen LogP contribution in [-0.2, 0) is 11.2 Å². The molecule has 0 bridgehead atoms. The Morgan fingerprint density at radius 3 is 2.45 bits per heavy atom. The molecule has 5 heteroatoms. The van der Waals surface area contributed by atoms with E-state index >= 15 is 0 Å². The van der Waals surface area contributed by atoms with Crippen LogP contribution in [0.1, 0.15) is 37.0 Å². The van der Waals surface area contributed by atoms with Gasteiger partial charge in [0.05, 0.1) is 6.10 Å². The van der Waals surface area contributed by atoms with Gasteiger partial charge in [-0.25, -0.2) is 0 Å². The van der Waals surface area contributed by atoms with Crippen LogP contribution in [0.4, 0.5) is 0 Å². The molecule has 4 nitrogen and oxygen atoms in total. The highest BCUT2D eigenvalue weighted by atomic mass is 32.2. The van der Waals surface area contributed by atoms with Crippen molar-refractivity contribution >= 4 is 16.9 Å². The second kappa shape index (κ2) is 9.13. The minimum Gasteiger partial charge on any atom is -0.396 e. The molecule has 0 aliphatic carbocycles. The number of aryl methyl sites for hydroxylation is 1. The fourth-order valence-electron chi connectivity index (χ4n) is 1.87. The van der Waals surface area contributed by atoms with E-state index in [4.69, 9.17) is 5.11 Å². The third-order valence-electron chi connectivity index (χ3n) is 3.03. The molecule has 0 aromatic heterocycles. The molecule has 0 fully saturated rings. The third-order valence-corrected chi connectivity index (χ3v) is 3.87. The maximum absolute atomic E-state index is 10.8. The maximum atomic E-state index is 10.8. The second-order valence-corrected chi connectivity index (χ2v) is 5.98. The van der Waals surface area contributed by atoms with Crippen molar-refractivity contribution < 1.29 is 20.1 Å². The number of rotatable bonds is 8. The summed E-state index contributed by atoms with van der Waals surface area (Å²) in [5.74, 6) is 0.502. The summed E-state index contributed by atoms with van der Waals surface area (Å²) in [5.41, 5.74) is 1.76. The van der Waals surface area contributed by atoms with Crippen LogP contribution in [0, 0.1) is 0 Å². The van der Waals surface area contributed by atoms with E-state index in [1.807, 2.05) is 12.1 Å². The van der Waals surface area contributed by atoms with Crippen LogP contribution in [0.2, 0.25) is 0 Å². The normalized spacial score (nSPS) is 14.0.